The average Bonchev–Trinajstić information content (AvgIpc) is 0.874. The lowest BCUT2D eigenvalue weighted by atomic mass is 9.88. The summed E-state index contributed by atoms with van der Waals surface area (Å²) >= 11 is 0. The molecule has 0 spiro atoms. The third-order valence-electron chi connectivity index (χ3n) is 14.7. The first kappa shape index (κ1) is 81.4. The van der Waals surface area contributed by atoms with Crippen LogP contribution in [0.25, 0.3) is 0 Å². The summed E-state index contributed by atoms with van der Waals surface area (Å²) in [5.74, 6) is -1.60. The number of alkyl carbamates (subject to hydrolysis) is 2. The number of nitrogens with zero attached hydrogens (tertiary/aromatic N) is 3. The molecular formula is C66H109N5O19. The summed E-state index contributed by atoms with van der Waals surface area (Å²) in [6, 6.07) is 0. The predicted molar refractivity (Wildman–Crippen MR) is 343 cm³/mol. The van der Waals surface area contributed by atoms with E-state index in [9.17, 15) is 43.2 Å². The molecule has 0 aliphatic carbocycles. The van der Waals surface area contributed by atoms with Crippen molar-refractivity contribution in [2.75, 3.05) is 106 Å². The molecule has 0 bridgehead atoms. The Morgan fingerprint density at radius 2 is 0.700 bits per heavy atom. The number of nitrogens with one attached hydrogen (secondary N) is 2. The molecule has 0 atom stereocenters. The monoisotopic (exact) mass is 1280 g/mol. The van der Waals surface area contributed by atoms with Gasteiger partial charge in [0.05, 0.1) is 76.9 Å². The number of hydrogen-bond acceptors (Lipinski definition) is 19. The van der Waals surface area contributed by atoms with E-state index in [0.717, 1.165) is 32.6 Å². The standard InChI is InChI=1S/C66H109N5O19/c1-8-42-81-50-65(13-6,51-82-43-9-2)54-89-59(75)36-24-16-15-19-29-39-69-62(78)70(64(80)71(63(69)79)41-31-21-18-28-38-68-61(77)90-55-66(14-7,52-83-44-10-3)53-84-45-11-4)40-30-20-17-27-37-67-60(76)88-47-33-23-26-34-57(73)85-46-32-22-25-35-58(74)87-49-48-86-56(72)12-5/h8-12H,1-5,13-55H2,6-7H3,(H,67,76)(H,68,77). The molecule has 1 aromatic heterocycles. The number of aromatic nitrogens is 3. The minimum atomic E-state index is -0.662. The van der Waals surface area contributed by atoms with Crippen molar-refractivity contribution in [3.63, 3.8) is 0 Å². The minimum Gasteiger partial charge on any atom is -0.466 e. The molecule has 24 nitrogen and oxygen atoms in total. The van der Waals surface area contributed by atoms with Crippen molar-refractivity contribution in [1.82, 2.24) is 24.3 Å². The molecule has 0 unspecified atom stereocenters. The van der Waals surface area contributed by atoms with Gasteiger partial charge in [0, 0.05) is 58.1 Å². The van der Waals surface area contributed by atoms with E-state index >= 15 is 0 Å². The topological polar surface area (TPSA) is 285 Å². The second-order valence-corrected chi connectivity index (χ2v) is 22.2. The van der Waals surface area contributed by atoms with Crippen LogP contribution in [-0.4, -0.2) is 155 Å². The summed E-state index contributed by atoms with van der Waals surface area (Å²) in [6.45, 7) is 26.6. The Morgan fingerprint density at radius 3 is 1.10 bits per heavy atom. The lowest BCUT2D eigenvalue weighted by molar-refractivity contribution is -0.151. The van der Waals surface area contributed by atoms with Crippen LogP contribution in [0.3, 0.4) is 0 Å². The molecule has 1 aromatic rings. The lowest BCUT2D eigenvalue weighted by Crippen LogP contribution is -2.54. The van der Waals surface area contributed by atoms with E-state index < -0.39 is 52.0 Å². The van der Waals surface area contributed by atoms with E-state index in [1.807, 2.05) is 13.8 Å². The number of esters is 4. The van der Waals surface area contributed by atoms with Crippen LogP contribution in [0, 0.1) is 10.8 Å². The van der Waals surface area contributed by atoms with Gasteiger partial charge in [-0.25, -0.2) is 42.5 Å². The Balaban J connectivity index is 2.70. The van der Waals surface area contributed by atoms with Crippen molar-refractivity contribution in [2.24, 2.45) is 10.8 Å². The van der Waals surface area contributed by atoms with E-state index in [1.165, 1.54) is 0 Å². The number of ether oxygens (including phenoxy) is 10. The third-order valence-corrected chi connectivity index (χ3v) is 14.7. The lowest BCUT2D eigenvalue weighted by Gasteiger charge is -2.31. The van der Waals surface area contributed by atoms with Crippen molar-refractivity contribution in [1.29, 1.82) is 0 Å². The number of hydrogen-bond donors (Lipinski definition) is 2. The maximum atomic E-state index is 13.9. The van der Waals surface area contributed by atoms with E-state index in [2.05, 4.69) is 43.5 Å². The molecule has 1 heterocycles. The molecule has 0 fully saturated rings. The van der Waals surface area contributed by atoms with Gasteiger partial charge in [-0.3, -0.25) is 14.4 Å². The fourth-order valence-electron chi connectivity index (χ4n) is 9.08. The van der Waals surface area contributed by atoms with Crippen LogP contribution >= 0.6 is 0 Å². The Labute approximate surface area is 533 Å². The molecule has 0 aliphatic rings. The minimum absolute atomic E-state index is 0.0237. The summed E-state index contributed by atoms with van der Waals surface area (Å²) in [6.07, 6.45) is 20.5. The highest BCUT2D eigenvalue weighted by Gasteiger charge is 2.32. The van der Waals surface area contributed by atoms with Gasteiger partial charge in [0.25, 0.3) is 0 Å². The first-order valence-electron chi connectivity index (χ1n) is 32.4. The molecule has 0 saturated carbocycles. The van der Waals surface area contributed by atoms with Crippen LogP contribution in [0.15, 0.2) is 77.7 Å². The normalized spacial score (nSPS) is 11.3. The quantitative estimate of drug-likeness (QED) is 0.0202. The summed E-state index contributed by atoms with van der Waals surface area (Å²) in [7, 11) is 0. The van der Waals surface area contributed by atoms with Gasteiger partial charge >= 0.3 is 53.1 Å². The van der Waals surface area contributed by atoms with Gasteiger partial charge in [-0.1, -0.05) is 89.7 Å². The molecule has 512 valence electrons. The van der Waals surface area contributed by atoms with Crippen LogP contribution in [0.1, 0.15) is 168 Å². The molecular weight excluding hydrogens is 1170 g/mol. The van der Waals surface area contributed by atoms with Gasteiger partial charge in [-0.05, 0) is 89.9 Å². The van der Waals surface area contributed by atoms with Crippen LogP contribution in [0.2, 0.25) is 0 Å². The SMILES string of the molecule is C=CCOCC(CC)(COCC=C)COC(=O)CCCCCCCn1c(=O)n(CCCCCCNC(=O)OCCCCCC(=O)OCCCCCC(=O)OCCOC(=O)C=C)c(=O)n(CCCCCCNC(=O)OCC(CC)(COCC=C)COCC=C)c1=O. The Kier molecular flexibility index (Phi) is 48.0. The Hall–Kier alpha value is -6.63. The van der Waals surface area contributed by atoms with Crippen molar-refractivity contribution in [3.05, 3.63) is 94.7 Å². The number of carbonyl (C=O) groups is 6. The van der Waals surface area contributed by atoms with Gasteiger partial charge in [0.2, 0.25) is 0 Å². The molecule has 24 heteroatoms. The highest BCUT2D eigenvalue weighted by molar-refractivity contribution is 5.81. The van der Waals surface area contributed by atoms with Gasteiger partial charge in [-0.15, -0.1) is 26.3 Å². The van der Waals surface area contributed by atoms with E-state index in [4.69, 9.17) is 47.4 Å². The van der Waals surface area contributed by atoms with Gasteiger partial charge in [0.1, 0.15) is 26.4 Å². The van der Waals surface area contributed by atoms with Crippen LogP contribution in [0.5, 0.6) is 0 Å². The van der Waals surface area contributed by atoms with Crippen molar-refractivity contribution < 1.29 is 76.1 Å². The maximum absolute atomic E-state index is 13.9. The molecule has 0 aromatic carbocycles. The Bertz CT molecular complexity index is 2280. The van der Waals surface area contributed by atoms with Crippen molar-refractivity contribution >= 4 is 36.1 Å². The molecule has 90 heavy (non-hydrogen) atoms. The molecule has 0 saturated heterocycles. The number of unbranched alkanes of at least 4 members (excludes halogenated alkanes) is 14. The average molecular weight is 1280 g/mol. The van der Waals surface area contributed by atoms with Crippen LogP contribution in [0.4, 0.5) is 9.59 Å². The zero-order valence-corrected chi connectivity index (χ0v) is 54.4. The van der Waals surface area contributed by atoms with Crippen molar-refractivity contribution in [2.45, 2.75) is 188 Å². The zero-order valence-electron chi connectivity index (χ0n) is 54.4. The van der Waals surface area contributed by atoms with Crippen LogP contribution in [-0.2, 0) is 86.2 Å². The second kappa shape index (κ2) is 53.1. The maximum Gasteiger partial charge on any atom is 0.407 e. The highest BCUT2D eigenvalue weighted by atomic mass is 16.6. The van der Waals surface area contributed by atoms with Crippen LogP contribution < -0.4 is 27.7 Å². The van der Waals surface area contributed by atoms with Gasteiger partial charge in [0.15, 0.2) is 0 Å². The van der Waals surface area contributed by atoms with E-state index in [1.54, 1.807) is 24.3 Å². The first-order chi connectivity index (χ1) is 43.6. The Morgan fingerprint density at radius 1 is 0.378 bits per heavy atom. The number of rotatable bonds is 60. The molecule has 1 rings (SSSR count). The zero-order chi connectivity index (χ0) is 66.4. The smallest absolute Gasteiger partial charge is 0.407 e. The summed E-state index contributed by atoms with van der Waals surface area (Å²) < 4.78 is 57.9. The molecule has 2 amide bonds. The summed E-state index contributed by atoms with van der Waals surface area (Å²) in [5, 5.41) is 5.53. The third kappa shape index (κ3) is 38.8. The second-order valence-electron chi connectivity index (χ2n) is 22.2. The largest absolute Gasteiger partial charge is 0.466 e. The van der Waals surface area contributed by atoms with Crippen molar-refractivity contribution in [3.8, 4) is 0 Å². The van der Waals surface area contributed by atoms with E-state index in [0.29, 0.717) is 188 Å². The van der Waals surface area contributed by atoms with Gasteiger partial charge in [-0.2, -0.15) is 0 Å². The molecule has 2 N–H and O–H groups in total. The highest BCUT2D eigenvalue weighted by Crippen LogP contribution is 2.26. The van der Waals surface area contributed by atoms with Gasteiger partial charge < -0.3 is 58.0 Å². The van der Waals surface area contributed by atoms with E-state index in [-0.39, 0.29) is 90.5 Å². The first-order valence-corrected chi connectivity index (χ1v) is 32.4. The summed E-state index contributed by atoms with van der Waals surface area (Å²) in [5.41, 5.74) is -3.01. The fraction of sp³-hybridized carbons (Fsp3) is 0.712. The molecule has 0 aliphatic heterocycles. The number of amides is 2. The summed E-state index contributed by atoms with van der Waals surface area (Å²) in [4.78, 5) is 114. The predicted octanol–water partition coefficient (Wildman–Crippen LogP) is 9.17. The molecule has 0 radical (unpaired) electrons. The number of carbonyl (C=O) groups excluding carboxylic acids is 6. The fourth-order valence-corrected chi connectivity index (χ4v) is 9.08.